The summed E-state index contributed by atoms with van der Waals surface area (Å²) in [5.74, 6) is 0.228. The highest BCUT2D eigenvalue weighted by Crippen LogP contribution is 2.37. The lowest BCUT2D eigenvalue weighted by atomic mass is 10.0. The maximum Gasteiger partial charge on any atom is 0.335 e. The number of thioether (sulfide) groups is 1. The molecule has 1 amide bonds. The predicted molar refractivity (Wildman–Crippen MR) is 181 cm³/mol. The summed E-state index contributed by atoms with van der Waals surface area (Å²) in [6, 6.07) is 18.4. The van der Waals surface area contributed by atoms with E-state index in [1.54, 1.807) is 29.2 Å². The summed E-state index contributed by atoms with van der Waals surface area (Å²) in [4.78, 5) is 29.2. The first-order valence-corrected chi connectivity index (χ1v) is 16.4. The van der Waals surface area contributed by atoms with Crippen LogP contribution in [0.15, 0.2) is 65.6 Å². The molecule has 3 aromatic carbocycles. The number of thiocarbonyl (C=S) groups is 1. The Kier molecular flexibility index (Phi) is 11.0. The number of amides is 1. The van der Waals surface area contributed by atoms with Crippen LogP contribution >= 0.6 is 35.6 Å². The molecule has 2 aliphatic rings. The number of ether oxygens (including phenoxy) is 2. The molecule has 0 atom stereocenters. The van der Waals surface area contributed by atoms with E-state index in [-0.39, 0.29) is 11.5 Å². The number of halogens is 1. The van der Waals surface area contributed by atoms with Gasteiger partial charge in [0.25, 0.3) is 5.91 Å². The van der Waals surface area contributed by atoms with Crippen LogP contribution in [0.5, 0.6) is 11.5 Å². The van der Waals surface area contributed by atoms with Crippen molar-refractivity contribution in [1.82, 2.24) is 9.80 Å². The Labute approximate surface area is 272 Å². The third kappa shape index (κ3) is 8.01. The average molecular weight is 651 g/mol. The molecule has 0 aromatic heterocycles. The molecule has 44 heavy (non-hydrogen) atoms. The first-order chi connectivity index (χ1) is 21.3. The lowest BCUT2D eigenvalue weighted by molar-refractivity contribution is -0.122. The molecule has 3 aromatic rings. The molecule has 10 heteroatoms. The topological polar surface area (TPSA) is 79.3 Å². The van der Waals surface area contributed by atoms with Crippen LogP contribution in [0.4, 0.5) is 0 Å². The Bertz CT molecular complexity index is 1550. The molecule has 2 aliphatic heterocycles. The van der Waals surface area contributed by atoms with Crippen molar-refractivity contribution in [2.24, 2.45) is 0 Å². The number of hydrogen-bond donors (Lipinski definition) is 1. The van der Waals surface area contributed by atoms with Crippen molar-refractivity contribution in [3.05, 3.63) is 87.3 Å². The number of likely N-dealkylation sites (tertiary alicyclic amines) is 1. The van der Waals surface area contributed by atoms with Gasteiger partial charge < -0.3 is 14.6 Å². The van der Waals surface area contributed by atoms with Gasteiger partial charge in [0, 0.05) is 18.7 Å². The Hall–Kier alpha value is -3.37. The Balaban J connectivity index is 1.36. The van der Waals surface area contributed by atoms with Gasteiger partial charge in [-0.1, -0.05) is 66.8 Å². The van der Waals surface area contributed by atoms with Crippen molar-refractivity contribution in [1.29, 1.82) is 0 Å². The Morgan fingerprint density at radius 3 is 2.34 bits per heavy atom. The van der Waals surface area contributed by atoms with E-state index in [1.807, 2.05) is 49.4 Å². The number of rotatable bonds is 13. The van der Waals surface area contributed by atoms with E-state index < -0.39 is 5.97 Å². The molecule has 2 fully saturated rings. The van der Waals surface area contributed by atoms with E-state index >= 15 is 0 Å². The van der Waals surface area contributed by atoms with Crippen LogP contribution in [0.25, 0.3) is 17.2 Å². The molecule has 5 rings (SSSR count). The summed E-state index contributed by atoms with van der Waals surface area (Å²) in [5.41, 5.74) is 3.81. The van der Waals surface area contributed by atoms with Crippen molar-refractivity contribution in [3.8, 4) is 22.6 Å². The number of carboxylic acids is 1. The fraction of sp³-hybridized carbons (Fsp3) is 0.324. The van der Waals surface area contributed by atoms with Gasteiger partial charge in [-0.15, -0.1) is 0 Å². The Morgan fingerprint density at radius 2 is 1.66 bits per heavy atom. The fourth-order valence-corrected chi connectivity index (χ4v) is 6.70. The molecular formula is C34H35ClN2O5S2. The number of hydrogen-bond acceptors (Lipinski definition) is 7. The summed E-state index contributed by atoms with van der Waals surface area (Å²) in [6.07, 6.45) is 5.75. The second kappa shape index (κ2) is 15.1. The van der Waals surface area contributed by atoms with E-state index in [9.17, 15) is 9.59 Å². The maximum absolute atomic E-state index is 13.5. The van der Waals surface area contributed by atoms with Gasteiger partial charge in [0.1, 0.15) is 22.4 Å². The highest BCUT2D eigenvalue weighted by atomic mass is 35.5. The Morgan fingerprint density at radius 1 is 0.977 bits per heavy atom. The minimum absolute atomic E-state index is 0.156. The average Bonchev–Trinajstić information content (AvgIpc) is 3.63. The van der Waals surface area contributed by atoms with Crippen LogP contribution in [-0.4, -0.2) is 70.5 Å². The SMILES string of the molecule is CCCOc1ccc(-c2ccc(OCCN3CCCC3)c(C=C3SC(=S)N(CCc4ccc(C(=O)O)cc4)C3=O)c2)cc1Cl. The van der Waals surface area contributed by atoms with E-state index in [0.717, 1.165) is 48.3 Å². The van der Waals surface area contributed by atoms with Gasteiger partial charge in [-0.2, -0.15) is 0 Å². The highest BCUT2D eigenvalue weighted by Gasteiger charge is 2.32. The number of carbonyl (C=O) groups is 2. The number of aromatic carboxylic acids is 1. The molecule has 0 saturated carbocycles. The van der Waals surface area contributed by atoms with E-state index in [2.05, 4.69) is 4.90 Å². The monoisotopic (exact) mass is 650 g/mol. The van der Waals surface area contributed by atoms with Gasteiger partial charge in [0.2, 0.25) is 0 Å². The molecule has 0 radical (unpaired) electrons. The molecule has 1 N–H and O–H groups in total. The molecule has 0 unspecified atom stereocenters. The van der Waals surface area contributed by atoms with E-state index in [0.29, 0.717) is 51.9 Å². The third-order valence-corrected chi connectivity index (χ3v) is 9.26. The molecule has 230 valence electrons. The van der Waals surface area contributed by atoms with Crippen LogP contribution in [0, 0.1) is 0 Å². The standard InChI is InChI=1S/C34H35ClN2O5S2/c1-2-18-41-30-12-10-26(21-28(30)35)25-9-11-29(42-19-17-36-14-3-4-15-36)27(20-25)22-31-32(38)37(34(43)44-31)16-13-23-5-7-24(8-6-23)33(39)40/h5-12,20-22H,2-4,13-19H2,1H3,(H,39,40). The van der Waals surface area contributed by atoms with Crippen molar-refractivity contribution in [2.75, 3.05) is 39.4 Å². The van der Waals surface area contributed by atoms with Crippen molar-refractivity contribution >= 4 is 57.9 Å². The van der Waals surface area contributed by atoms with Crippen LogP contribution < -0.4 is 9.47 Å². The second-order valence-electron chi connectivity index (χ2n) is 10.7. The second-order valence-corrected chi connectivity index (χ2v) is 12.8. The molecule has 2 saturated heterocycles. The molecule has 0 bridgehead atoms. The first kappa shape index (κ1) is 32.0. The van der Waals surface area contributed by atoms with Crippen molar-refractivity contribution < 1.29 is 24.2 Å². The highest BCUT2D eigenvalue weighted by molar-refractivity contribution is 8.26. The summed E-state index contributed by atoms with van der Waals surface area (Å²) >= 11 is 13.4. The molecule has 2 heterocycles. The van der Waals surface area contributed by atoms with Crippen molar-refractivity contribution in [3.63, 3.8) is 0 Å². The lowest BCUT2D eigenvalue weighted by Crippen LogP contribution is -2.30. The zero-order valence-corrected chi connectivity index (χ0v) is 27.0. The number of nitrogens with zero attached hydrogens (tertiary/aromatic N) is 2. The zero-order chi connectivity index (χ0) is 31.1. The summed E-state index contributed by atoms with van der Waals surface area (Å²) in [5, 5.41) is 9.69. The first-order valence-electron chi connectivity index (χ1n) is 14.8. The van der Waals surface area contributed by atoms with Crippen LogP contribution in [0.3, 0.4) is 0 Å². The summed E-state index contributed by atoms with van der Waals surface area (Å²) in [6.45, 7) is 6.65. The van der Waals surface area contributed by atoms with Gasteiger partial charge in [-0.25, -0.2) is 4.79 Å². The fourth-order valence-electron chi connectivity index (χ4n) is 5.16. The largest absolute Gasteiger partial charge is 0.492 e. The van der Waals surface area contributed by atoms with E-state index in [1.165, 1.54) is 24.6 Å². The lowest BCUT2D eigenvalue weighted by Gasteiger charge is -2.17. The van der Waals surface area contributed by atoms with Crippen LogP contribution in [0.1, 0.15) is 47.7 Å². The summed E-state index contributed by atoms with van der Waals surface area (Å²) < 4.78 is 12.5. The minimum atomic E-state index is -0.969. The smallest absolute Gasteiger partial charge is 0.335 e. The zero-order valence-electron chi connectivity index (χ0n) is 24.6. The molecule has 0 spiro atoms. The van der Waals surface area contributed by atoms with E-state index in [4.69, 9.17) is 38.4 Å². The van der Waals surface area contributed by atoms with Crippen LogP contribution in [-0.2, 0) is 11.2 Å². The summed E-state index contributed by atoms with van der Waals surface area (Å²) in [7, 11) is 0. The predicted octanol–water partition coefficient (Wildman–Crippen LogP) is 7.41. The van der Waals surface area contributed by atoms with Gasteiger partial charge in [-0.3, -0.25) is 14.6 Å². The molecule has 0 aliphatic carbocycles. The minimum Gasteiger partial charge on any atom is -0.492 e. The third-order valence-electron chi connectivity index (χ3n) is 7.59. The molecular weight excluding hydrogens is 616 g/mol. The number of carbonyl (C=O) groups excluding carboxylic acids is 1. The normalized spacial score (nSPS) is 16.2. The van der Waals surface area contributed by atoms with Gasteiger partial charge >= 0.3 is 5.97 Å². The van der Waals surface area contributed by atoms with Crippen LogP contribution in [0.2, 0.25) is 5.02 Å². The maximum atomic E-state index is 13.5. The van der Waals surface area contributed by atoms with Gasteiger partial charge in [0.05, 0.1) is 22.1 Å². The number of carboxylic acid groups (broad SMARTS) is 1. The quantitative estimate of drug-likeness (QED) is 0.151. The van der Waals surface area contributed by atoms with Crippen molar-refractivity contribution in [2.45, 2.75) is 32.6 Å². The molecule has 7 nitrogen and oxygen atoms in total. The van der Waals surface area contributed by atoms with Gasteiger partial charge in [-0.05, 0) is 97.9 Å². The number of benzene rings is 3. The van der Waals surface area contributed by atoms with Gasteiger partial charge in [0.15, 0.2) is 0 Å².